The molecule has 19 heavy (non-hydrogen) atoms. The number of H-pyrrole nitrogens is 1. The lowest BCUT2D eigenvalue weighted by molar-refractivity contribution is 1.43. The number of aromatic amines is 1. The first-order valence-electron chi connectivity index (χ1n) is 6.37. The van der Waals surface area contributed by atoms with Crippen LogP contribution >= 0.6 is 11.8 Å². The summed E-state index contributed by atoms with van der Waals surface area (Å²) in [5, 5.41) is 15.3. The fourth-order valence-corrected chi connectivity index (χ4v) is 2.21. The van der Waals surface area contributed by atoms with Gasteiger partial charge in [-0.3, -0.25) is 5.41 Å². The smallest absolute Gasteiger partial charge is 0.0942 e. The van der Waals surface area contributed by atoms with Gasteiger partial charge in [0.2, 0.25) is 0 Å². The van der Waals surface area contributed by atoms with Gasteiger partial charge in [0.1, 0.15) is 0 Å². The maximum atomic E-state index is 7.88. The van der Waals surface area contributed by atoms with Gasteiger partial charge >= 0.3 is 0 Å². The van der Waals surface area contributed by atoms with E-state index in [9.17, 15) is 0 Å². The number of nitrogens with one attached hydrogen (secondary N) is 3. The number of fused-ring (bicyclic) bond motifs is 1. The molecule has 0 saturated carbocycles. The van der Waals surface area contributed by atoms with Crippen LogP contribution in [0.5, 0.6) is 0 Å². The maximum Gasteiger partial charge on any atom is 0.0942 e. The number of benzene rings is 1. The molecule has 104 valence electrons. The Labute approximate surface area is 119 Å². The summed E-state index contributed by atoms with van der Waals surface area (Å²) >= 11 is 1.57. The Hall–Kier alpha value is -1.55. The summed E-state index contributed by atoms with van der Waals surface area (Å²) in [7, 11) is 0. The van der Waals surface area contributed by atoms with E-state index in [0.29, 0.717) is 5.04 Å². The zero-order valence-electron chi connectivity index (χ0n) is 12.1. The molecule has 3 nitrogen and oxygen atoms in total. The third-order valence-corrected chi connectivity index (χ3v) is 3.25. The first-order chi connectivity index (χ1) is 9.22. The fourth-order valence-electron chi connectivity index (χ4n) is 1.63. The van der Waals surface area contributed by atoms with E-state index in [1.54, 1.807) is 11.8 Å². The maximum absolute atomic E-state index is 7.88. The molecule has 1 aromatic carbocycles. The number of thioether (sulfide) groups is 1. The van der Waals surface area contributed by atoms with Crippen molar-refractivity contribution >= 4 is 34.4 Å². The Balaban J connectivity index is 0.000000741. The summed E-state index contributed by atoms with van der Waals surface area (Å²) in [5.74, 6) is 0.947. The summed E-state index contributed by atoms with van der Waals surface area (Å²) < 4.78 is 0. The van der Waals surface area contributed by atoms with Crippen LogP contribution in [-0.2, 0) is 0 Å². The van der Waals surface area contributed by atoms with Crippen LogP contribution in [0.1, 0.15) is 31.9 Å². The molecule has 0 fully saturated rings. The van der Waals surface area contributed by atoms with Gasteiger partial charge in [0.25, 0.3) is 0 Å². The second-order valence-electron chi connectivity index (χ2n) is 3.49. The van der Waals surface area contributed by atoms with Gasteiger partial charge in [-0.2, -0.15) is 0 Å². The van der Waals surface area contributed by atoms with Gasteiger partial charge in [-0.25, -0.2) is 0 Å². The largest absolute Gasteiger partial charge is 0.361 e. The highest BCUT2D eigenvalue weighted by molar-refractivity contribution is 8.14. The molecule has 0 saturated heterocycles. The Morgan fingerprint density at radius 2 is 1.95 bits per heavy atom. The molecule has 0 bridgehead atoms. The molecule has 0 aliphatic carbocycles. The number of aromatic nitrogens is 1. The van der Waals surface area contributed by atoms with Gasteiger partial charge < -0.3 is 10.4 Å². The summed E-state index contributed by atoms with van der Waals surface area (Å²) in [5.41, 5.74) is 3.39. The van der Waals surface area contributed by atoms with Crippen molar-refractivity contribution in [3.63, 3.8) is 0 Å². The topological polar surface area (TPSA) is 63.5 Å². The van der Waals surface area contributed by atoms with Gasteiger partial charge in [0, 0.05) is 22.7 Å². The normalized spacial score (nSPS) is 9.05. The molecule has 4 heteroatoms. The van der Waals surface area contributed by atoms with Crippen LogP contribution < -0.4 is 0 Å². The molecule has 3 N–H and O–H groups in total. The molecule has 0 radical (unpaired) electrons. The first kappa shape index (κ1) is 17.4. The first-order valence-corrected chi connectivity index (χ1v) is 7.35. The van der Waals surface area contributed by atoms with Crippen molar-refractivity contribution in [1.82, 2.24) is 4.98 Å². The molecular formula is C15H23N3S. The number of hydrogen-bond acceptors (Lipinski definition) is 3. The quantitative estimate of drug-likeness (QED) is 0.533. The lowest BCUT2D eigenvalue weighted by Gasteiger charge is -2.02. The summed E-state index contributed by atoms with van der Waals surface area (Å²) in [6.45, 7) is 10.7. The van der Waals surface area contributed by atoms with Gasteiger partial charge in [0.15, 0.2) is 0 Å². The SMILES string of the molecule is C=N.CC.CCSC(=N)c1ccc2[nH]cc(C)c2c1. The zero-order valence-corrected chi connectivity index (χ0v) is 12.9. The predicted octanol–water partition coefficient (Wildman–Crippen LogP) is 4.85. The van der Waals surface area contributed by atoms with Crippen molar-refractivity contribution in [3.8, 4) is 0 Å². The van der Waals surface area contributed by atoms with Crippen LogP contribution in [0, 0.1) is 17.7 Å². The van der Waals surface area contributed by atoms with E-state index < -0.39 is 0 Å². The highest BCUT2D eigenvalue weighted by atomic mass is 32.2. The van der Waals surface area contributed by atoms with E-state index in [4.69, 9.17) is 10.8 Å². The van der Waals surface area contributed by atoms with Crippen molar-refractivity contribution in [2.24, 2.45) is 0 Å². The Morgan fingerprint density at radius 3 is 2.53 bits per heavy atom. The summed E-state index contributed by atoms with van der Waals surface area (Å²) in [6.07, 6.45) is 2.00. The van der Waals surface area contributed by atoms with Crippen LogP contribution in [0.4, 0.5) is 0 Å². The van der Waals surface area contributed by atoms with E-state index in [1.165, 1.54) is 10.9 Å². The molecule has 0 aliphatic heterocycles. The van der Waals surface area contributed by atoms with Gasteiger partial charge in [-0.15, -0.1) is 11.8 Å². The highest BCUT2D eigenvalue weighted by Crippen LogP contribution is 2.21. The number of aryl methyl sites for hydroxylation is 1. The lowest BCUT2D eigenvalue weighted by Crippen LogP contribution is -1.93. The van der Waals surface area contributed by atoms with Crippen LogP contribution in [0.25, 0.3) is 10.9 Å². The molecule has 1 heterocycles. The van der Waals surface area contributed by atoms with E-state index in [2.05, 4.69) is 31.6 Å². The average Bonchev–Trinajstić information content (AvgIpc) is 2.85. The van der Waals surface area contributed by atoms with Crippen molar-refractivity contribution in [2.45, 2.75) is 27.7 Å². The minimum absolute atomic E-state index is 0.653. The van der Waals surface area contributed by atoms with Crippen molar-refractivity contribution < 1.29 is 0 Å². The zero-order chi connectivity index (χ0) is 14.8. The molecule has 0 amide bonds. The minimum Gasteiger partial charge on any atom is -0.361 e. The molecule has 0 unspecified atom stereocenters. The molecule has 1 aromatic heterocycles. The minimum atomic E-state index is 0.653. The molecule has 0 aliphatic rings. The van der Waals surface area contributed by atoms with Crippen molar-refractivity contribution in [1.29, 1.82) is 10.8 Å². The fraction of sp³-hybridized carbons (Fsp3) is 0.333. The third-order valence-electron chi connectivity index (χ3n) is 2.44. The lowest BCUT2D eigenvalue weighted by atomic mass is 10.1. The molecule has 2 rings (SSSR count). The van der Waals surface area contributed by atoms with E-state index in [-0.39, 0.29) is 0 Å². The Morgan fingerprint density at radius 1 is 1.32 bits per heavy atom. The molecule has 0 spiro atoms. The number of rotatable bonds is 2. The van der Waals surface area contributed by atoms with Crippen LogP contribution in [0.3, 0.4) is 0 Å². The molecular weight excluding hydrogens is 254 g/mol. The summed E-state index contributed by atoms with van der Waals surface area (Å²) in [4.78, 5) is 3.21. The second kappa shape index (κ2) is 9.39. The van der Waals surface area contributed by atoms with Crippen LogP contribution in [-0.4, -0.2) is 22.5 Å². The number of hydrogen-bond donors (Lipinski definition) is 3. The Bertz CT molecular complexity index is 517. The average molecular weight is 277 g/mol. The van der Waals surface area contributed by atoms with E-state index >= 15 is 0 Å². The standard InChI is InChI=1S/C12H14N2S.C2H6.CH3N/c1-3-15-12(13)9-4-5-11-10(6-9)8(2)7-14-11;2*1-2/h4-7,13-14H,3H2,1-2H3;1-2H3;2H,1H2. The van der Waals surface area contributed by atoms with Crippen molar-refractivity contribution in [3.05, 3.63) is 35.5 Å². The van der Waals surface area contributed by atoms with Gasteiger partial charge in [-0.1, -0.05) is 26.8 Å². The third kappa shape index (κ3) is 4.56. The highest BCUT2D eigenvalue weighted by Gasteiger charge is 2.04. The molecule has 2 aromatic rings. The van der Waals surface area contributed by atoms with Gasteiger partial charge in [0.05, 0.1) is 5.04 Å². The summed E-state index contributed by atoms with van der Waals surface area (Å²) in [6, 6.07) is 6.14. The monoisotopic (exact) mass is 277 g/mol. The predicted molar refractivity (Wildman–Crippen MR) is 89.2 cm³/mol. The Kier molecular flexibility index (Phi) is 8.62. The van der Waals surface area contributed by atoms with Crippen LogP contribution in [0.15, 0.2) is 24.4 Å². The molecule has 0 atom stereocenters. The van der Waals surface area contributed by atoms with E-state index in [1.807, 2.05) is 32.2 Å². The van der Waals surface area contributed by atoms with Gasteiger partial charge in [-0.05, 0) is 37.1 Å². The van der Waals surface area contributed by atoms with E-state index in [0.717, 1.165) is 16.8 Å². The van der Waals surface area contributed by atoms with Crippen molar-refractivity contribution in [2.75, 3.05) is 5.75 Å². The van der Waals surface area contributed by atoms with Crippen LogP contribution in [0.2, 0.25) is 0 Å². The second-order valence-corrected chi connectivity index (χ2v) is 4.77.